The molecule has 6 rings (SSSR count). The van der Waals surface area contributed by atoms with Crippen LogP contribution in [0.25, 0.3) is 16.9 Å². The molecule has 0 atom stereocenters. The van der Waals surface area contributed by atoms with E-state index in [2.05, 4.69) is 20.7 Å². The summed E-state index contributed by atoms with van der Waals surface area (Å²) in [6.45, 7) is 2.04. The number of fused-ring (bicyclic) bond motifs is 2. The van der Waals surface area contributed by atoms with E-state index in [1.807, 2.05) is 30.3 Å². The maximum Gasteiger partial charge on any atom is 0.251 e. The van der Waals surface area contributed by atoms with E-state index in [1.54, 1.807) is 28.8 Å². The maximum atomic E-state index is 12.9. The van der Waals surface area contributed by atoms with Crippen molar-refractivity contribution < 1.29 is 17.9 Å². The molecule has 1 fully saturated rings. The second kappa shape index (κ2) is 8.45. The average Bonchev–Trinajstić information content (AvgIpc) is 3.52. The molecule has 0 unspecified atom stereocenters. The van der Waals surface area contributed by atoms with E-state index < -0.39 is 10.0 Å². The Bertz CT molecular complexity index is 1540. The number of hydrogen-bond donors (Lipinski definition) is 2. The highest BCUT2D eigenvalue weighted by Gasteiger charge is 2.26. The van der Waals surface area contributed by atoms with E-state index in [9.17, 15) is 13.2 Å². The van der Waals surface area contributed by atoms with Crippen molar-refractivity contribution in [1.29, 1.82) is 0 Å². The topological polar surface area (TPSA) is 118 Å². The van der Waals surface area contributed by atoms with Crippen molar-refractivity contribution in [2.24, 2.45) is 0 Å². The van der Waals surface area contributed by atoms with Crippen molar-refractivity contribution in [3.05, 3.63) is 72.1 Å². The Morgan fingerprint density at radius 1 is 1.00 bits per heavy atom. The van der Waals surface area contributed by atoms with Gasteiger partial charge in [0.25, 0.3) is 5.91 Å². The monoisotopic (exact) mass is 490 g/mol. The van der Waals surface area contributed by atoms with Crippen LogP contribution in [0.2, 0.25) is 0 Å². The molecule has 1 saturated heterocycles. The van der Waals surface area contributed by atoms with Gasteiger partial charge in [0.2, 0.25) is 10.0 Å². The van der Waals surface area contributed by atoms with Gasteiger partial charge in [0.1, 0.15) is 6.33 Å². The van der Waals surface area contributed by atoms with Gasteiger partial charge < -0.3 is 15.4 Å². The molecule has 35 heavy (non-hydrogen) atoms. The molecule has 0 saturated carbocycles. The zero-order valence-electron chi connectivity index (χ0n) is 18.6. The van der Waals surface area contributed by atoms with Crippen molar-refractivity contribution in [3.63, 3.8) is 0 Å². The van der Waals surface area contributed by atoms with Crippen molar-refractivity contribution in [2.75, 3.05) is 31.6 Å². The summed E-state index contributed by atoms with van der Waals surface area (Å²) in [6, 6.07) is 16.2. The third kappa shape index (κ3) is 3.83. The van der Waals surface area contributed by atoms with Crippen LogP contribution in [0.5, 0.6) is 0 Å². The Labute approximate surface area is 201 Å². The molecule has 0 spiro atoms. The zero-order valence-corrected chi connectivity index (χ0v) is 19.5. The molecule has 178 valence electrons. The first-order valence-corrected chi connectivity index (χ1v) is 12.6. The number of nitrogens with zero attached hydrogens (tertiary/aromatic N) is 4. The molecule has 2 aliphatic rings. The Balaban J connectivity index is 1.27. The second-order valence-electron chi connectivity index (χ2n) is 8.35. The molecule has 1 amide bonds. The van der Waals surface area contributed by atoms with E-state index in [1.165, 1.54) is 10.6 Å². The molecule has 4 aromatic rings. The maximum absolute atomic E-state index is 12.9. The third-order valence-electron chi connectivity index (χ3n) is 6.25. The van der Waals surface area contributed by atoms with Gasteiger partial charge in [0.15, 0.2) is 5.65 Å². The predicted octanol–water partition coefficient (Wildman–Crippen LogP) is 2.40. The minimum atomic E-state index is -3.55. The molecular formula is C24H22N6O4S. The summed E-state index contributed by atoms with van der Waals surface area (Å²) in [5.41, 5.74) is 5.51. The van der Waals surface area contributed by atoms with Gasteiger partial charge >= 0.3 is 0 Å². The van der Waals surface area contributed by atoms with Gasteiger partial charge in [0.05, 0.1) is 29.5 Å². The summed E-state index contributed by atoms with van der Waals surface area (Å²) >= 11 is 0. The third-order valence-corrected chi connectivity index (χ3v) is 8.16. The summed E-state index contributed by atoms with van der Waals surface area (Å²) in [6.07, 6.45) is 1.49. The first-order valence-electron chi connectivity index (χ1n) is 11.2. The highest BCUT2D eigenvalue weighted by Crippen LogP contribution is 2.29. The number of rotatable bonds is 5. The number of benzene rings is 2. The first kappa shape index (κ1) is 21.7. The quantitative estimate of drug-likeness (QED) is 0.441. The number of morpholine rings is 1. The van der Waals surface area contributed by atoms with E-state index in [-0.39, 0.29) is 10.8 Å². The molecule has 2 N–H and O–H groups in total. The first-order chi connectivity index (χ1) is 17.0. The minimum absolute atomic E-state index is 0.0548. The van der Waals surface area contributed by atoms with E-state index in [0.29, 0.717) is 44.1 Å². The van der Waals surface area contributed by atoms with E-state index >= 15 is 0 Å². The van der Waals surface area contributed by atoms with Crippen LogP contribution < -0.4 is 10.6 Å². The summed E-state index contributed by atoms with van der Waals surface area (Å²) in [5, 5.41) is 10.5. The standard InChI is InChI=1S/C24H22N6O4S/c31-24-20-6-1-16(13-17(20)14-25-24)22-8-7-21(23-26-15-27-30(22)23)28-18-2-4-19(5-3-18)35(32,33)29-9-11-34-12-10-29/h1-8,13,15,28H,9-12,14H2,(H,25,31). The van der Waals surface area contributed by atoms with Gasteiger partial charge in [-0.1, -0.05) is 6.07 Å². The van der Waals surface area contributed by atoms with Gasteiger partial charge in [-0.25, -0.2) is 17.9 Å². The number of carbonyl (C=O) groups is 1. The van der Waals surface area contributed by atoms with Crippen LogP contribution in [-0.4, -0.2) is 59.5 Å². The van der Waals surface area contributed by atoms with Crippen molar-refractivity contribution >= 4 is 33.0 Å². The minimum Gasteiger partial charge on any atom is -0.379 e. The smallest absolute Gasteiger partial charge is 0.251 e. The second-order valence-corrected chi connectivity index (χ2v) is 10.3. The summed E-state index contributed by atoms with van der Waals surface area (Å²) in [4.78, 5) is 16.5. The fourth-order valence-corrected chi connectivity index (χ4v) is 5.83. The normalized spacial score (nSPS) is 16.3. The van der Waals surface area contributed by atoms with E-state index in [0.717, 1.165) is 28.2 Å². The van der Waals surface area contributed by atoms with Crippen LogP contribution in [0.3, 0.4) is 0 Å². The number of anilines is 2. The van der Waals surface area contributed by atoms with Gasteiger partial charge in [0, 0.05) is 36.4 Å². The number of hydrogen-bond acceptors (Lipinski definition) is 7. The van der Waals surface area contributed by atoms with Crippen LogP contribution in [0.15, 0.2) is 65.8 Å². The number of sulfonamides is 1. The van der Waals surface area contributed by atoms with Crippen molar-refractivity contribution in [3.8, 4) is 11.3 Å². The lowest BCUT2D eigenvalue weighted by molar-refractivity contribution is 0.0730. The highest BCUT2D eigenvalue weighted by atomic mass is 32.2. The largest absolute Gasteiger partial charge is 0.379 e. The Morgan fingerprint density at radius 2 is 1.80 bits per heavy atom. The number of pyridine rings is 1. The van der Waals surface area contributed by atoms with Gasteiger partial charge in [-0.3, -0.25) is 4.79 Å². The summed E-state index contributed by atoms with van der Waals surface area (Å²) in [5.74, 6) is -0.0548. The lowest BCUT2D eigenvalue weighted by atomic mass is 10.0. The Morgan fingerprint density at radius 3 is 2.60 bits per heavy atom. The summed E-state index contributed by atoms with van der Waals surface area (Å²) < 4.78 is 34.2. The molecule has 10 nitrogen and oxygen atoms in total. The average molecular weight is 491 g/mol. The Hall–Kier alpha value is -3.80. The predicted molar refractivity (Wildman–Crippen MR) is 129 cm³/mol. The number of amides is 1. The van der Waals surface area contributed by atoms with Crippen LogP contribution >= 0.6 is 0 Å². The van der Waals surface area contributed by atoms with Crippen LogP contribution in [-0.2, 0) is 21.3 Å². The lowest BCUT2D eigenvalue weighted by Crippen LogP contribution is -2.40. The lowest BCUT2D eigenvalue weighted by Gasteiger charge is -2.26. The number of aromatic nitrogens is 3. The molecule has 2 aromatic carbocycles. The molecular weight excluding hydrogens is 468 g/mol. The van der Waals surface area contributed by atoms with E-state index in [4.69, 9.17) is 4.74 Å². The molecule has 2 aromatic heterocycles. The van der Waals surface area contributed by atoms with Crippen molar-refractivity contribution in [2.45, 2.75) is 11.4 Å². The fourth-order valence-electron chi connectivity index (χ4n) is 4.42. The van der Waals surface area contributed by atoms with Crippen LogP contribution in [0, 0.1) is 0 Å². The SMILES string of the molecule is O=C1NCc2cc(-c3ccc(Nc4ccc(S(=O)(=O)N5CCOCC5)cc4)c4ncnn34)ccc21. The van der Waals surface area contributed by atoms with Crippen molar-refractivity contribution in [1.82, 2.24) is 24.2 Å². The Kier molecular flexibility index (Phi) is 5.24. The molecule has 4 heterocycles. The number of ether oxygens (including phenoxy) is 1. The summed E-state index contributed by atoms with van der Waals surface area (Å²) in [7, 11) is -3.55. The fraction of sp³-hybridized carbons (Fsp3) is 0.208. The molecule has 0 radical (unpaired) electrons. The van der Waals surface area contributed by atoms with Gasteiger partial charge in [-0.2, -0.15) is 9.40 Å². The van der Waals surface area contributed by atoms with Crippen LogP contribution in [0.1, 0.15) is 15.9 Å². The molecule has 0 aliphatic carbocycles. The molecule has 11 heteroatoms. The number of nitrogens with one attached hydrogen (secondary N) is 2. The van der Waals surface area contributed by atoms with Crippen LogP contribution in [0.4, 0.5) is 11.4 Å². The van der Waals surface area contributed by atoms with Gasteiger partial charge in [-0.05, 0) is 54.1 Å². The molecule has 2 aliphatic heterocycles. The van der Waals surface area contributed by atoms with Gasteiger partial charge in [-0.15, -0.1) is 0 Å². The number of carbonyl (C=O) groups excluding carboxylic acids is 1. The highest BCUT2D eigenvalue weighted by molar-refractivity contribution is 7.89. The zero-order chi connectivity index (χ0) is 24.0. The molecule has 0 bridgehead atoms.